The van der Waals surface area contributed by atoms with E-state index in [1.165, 1.54) is 6.92 Å². The molecule has 0 fully saturated rings. The standard InChI is InChI=1S/C6H9BrO3/c1-5(8)6(9)10-4-2-3-7/h2-3,5,8H,4H2,1H3/b3-2+. The summed E-state index contributed by atoms with van der Waals surface area (Å²) in [5, 5.41) is 8.61. The van der Waals surface area contributed by atoms with Gasteiger partial charge in [0.05, 0.1) is 0 Å². The highest BCUT2D eigenvalue weighted by atomic mass is 79.9. The molecule has 3 nitrogen and oxygen atoms in total. The molecule has 0 heterocycles. The molecule has 0 radical (unpaired) electrons. The molecule has 0 amide bonds. The van der Waals surface area contributed by atoms with Gasteiger partial charge in [-0.1, -0.05) is 15.9 Å². The monoisotopic (exact) mass is 208 g/mol. The first-order chi connectivity index (χ1) is 4.68. The van der Waals surface area contributed by atoms with Crippen molar-refractivity contribution in [2.24, 2.45) is 0 Å². The second kappa shape index (κ2) is 5.44. The van der Waals surface area contributed by atoms with Crippen LogP contribution in [0, 0.1) is 0 Å². The molecule has 0 aromatic rings. The molecule has 4 heteroatoms. The van der Waals surface area contributed by atoms with Crippen LogP contribution < -0.4 is 0 Å². The number of carbonyl (C=O) groups excluding carboxylic acids is 1. The number of halogens is 1. The Kier molecular flexibility index (Phi) is 5.25. The van der Waals surface area contributed by atoms with Crippen LogP contribution in [0.3, 0.4) is 0 Å². The van der Waals surface area contributed by atoms with Crippen LogP contribution >= 0.6 is 15.9 Å². The van der Waals surface area contributed by atoms with Gasteiger partial charge in [0.25, 0.3) is 0 Å². The van der Waals surface area contributed by atoms with E-state index in [1.807, 2.05) is 0 Å². The number of ether oxygens (including phenoxy) is 1. The van der Waals surface area contributed by atoms with Gasteiger partial charge in [0, 0.05) is 0 Å². The first-order valence-electron chi connectivity index (χ1n) is 2.78. The van der Waals surface area contributed by atoms with Crippen LogP contribution in [0.25, 0.3) is 0 Å². The van der Waals surface area contributed by atoms with Gasteiger partial charge in [0.2, 0.25) is 0 Å². The highest BCUT2D eigenvalue weighted by molar-refractivity contribution is 9.11. The lowest BCUT2D eigenvalue weighted by Crippen LogP contribution is -2.19. The van der Waals surface area contributed by atoms with Crippen molar-refractivity contribution in [3.63, 3.8) is 0 Å². The fourth-order valence-electron chi connectivity index (χ4n) is 0.287. The fraction of sp³-hybridized carbons (Fsp3) is 0.500. The molecule has 58 valence electrons. The minimum absolute atomic E-state index is 0.189. The minimum atomic E-state index is -1.04. The zero-order valence-electron chi connectivity index (χ0n) is 5.58. The van der Waals surface area contributed by atoms with E-state index >= 15 is 0 Å². The number of hydrogen-bond acceptors (Lipinski definition) is 3. The number of carbonyl (C=O) groups is 1. The number of aliphatic hydroxyl groups is 1. The van der Waals surface area contributed by atoms with Gasteiger partial charge in [-0.25, -0.2) is 4.79 Å². The van der Waals surface area contributed by atoms with Crippen LogP contribution in [-0.2, 0) is 9.53 Å². The molecule has 0 rings (SSSR count). The predicted octanol–water partition coefficient (Wildman–Crippen LogP) is 0.819. The predicted molar refractivity (Wildman–Crippen MR) is 40.7 cm³/mol. The summed E-state index contributed by atoms with van der Waals surface area (Å²) in [6.07, 6.45) is 0.573. The highest BCUT2D eigenvalue weighted by Crippen LogP contribution is 1.88. The summed E-state index contributed by atoms with van der Waals surface area (Å²) in [4.78, 5) is 12.1. The molecule has 0 aliphatic carbocycles. The summed E-state index contributed by atoms with van der Waals surface area (Å²) in [6.45, 7) is 1.55. The lowest BCUT2D eigenvalue weighted by atomic mass is 10.4. The van der Waals surface area contributed by atoms with Crippen LogP contribution in [0.1, 0.15) is 6.92 Å². The van der Waals surface area contributed by atoms with Gasteiger partial charge in [-0.3, -0.25) is 0 Å². The van der Waals surface area contributed by atoms with E-state index in [-0.39, 0.29) is 6.61 Å². The molecule has 0 saturated heterocycles. The number of esters is 1. The SMILES string of the molecule is CC(O)C(=O)OC/C=C/Br. The Bertz CT molecular complexity index is 131. The summed E-state index contributed by atoms with van der Waals surface area (Å²) >= 11 is 3.00. The molecule has 0 aromatic carbocycles. The van der Waals surface area contributed by atoms with Crippen molar-refractivity contribution in [3.05, 3.63) is 11.1 Å². The van der Waals surface area contributed by atoms with E-state index in [9.17, 15) is 4.79 Å². The molecule has 10 heavy (non-hydrogen) atoms. The van der Waals surface area contributed by atoms with E-state index in [4.69, 9.17) is 5.11 Å². The van der Waals surface area contributed by atoms with Gasteiger partial charge in [-0.15, -0.1) is 0 Å². The molecule has 1 N–H and O–H groups in total. The van der Waals surface area contributed by atoms with Gasteiger partial charge in [-0.05, 0) is 18.0 Å². The van der Waals surface area contributed by atoms with Crippen molar-refractivity contribution < 1.29 is 14.6 Å². The number of hydrogen-bond donors (Lipinski definition) is 1. The quantitative estimate of drug-likeness (QED) is 0.700. The Labute approximate surface area is 67.8 Å². The highest BCUT2D eigenvalue weighted by Gasteiger charge is 2.07. The third-order valence-electron chi connectivity index (χ3n) is 0.752. The molecule has 1 unspecified atom stereocenters. The molecule has 1 atom stereocenters. The van der Waals surface area contributed by atoms with E-state index in [0.29, 0.717) is 0 Å². The molecule has 0 aliphatic heterocycles. The van der Waals surface area contributed by atoms with E-state index in [1.54, 1.807) is 11.1 Å². The second-order valence-corrected chi connectivity index (χ2v) is 2.20. The average molecular weight is 209 g/mol. The molecule has 0 bridgehead atoms. The van der Waals surface area contributed by atoms with Gasteiger partial charge in [0.1, 0.15) is 12.7 Å². The van der Waals surface area contributed by atoms with E-state index < -0.39 is 12.1 Å². The van der Waals surface area contributed by atoms with Crippen molar-refractivity contribution in [2.45, 2.75) is 13.0 Å². The maximum atomic E-state index is 10.5. The zero-order chi connectivity index (χ0) is 7.98. The van der Waals surface area contributed by atoms with E-state index in [0.717, 1.165) is 0 Å². The number of aliphatic hydroxyl groups excluding tert-OH is 1. The first-order valence-corrected chi connectivity index (χ1v) is 3.70. The normalized spacial score (nSPS) is 13.5. The van der Waals surface area contributed by atoms with Gasteiger partial charge < -0.3 is 9.84 Å². The van der Waals surface area contributed by atoms with Gasteiger partial charge in [0.15, 0.2) is 0 Å². The summed E-state index contributed by atoms with van der Waals surface area (Å²) in [5.74, 6) is -0.606. The Balaban J connectivity index is 3.40. The Morgan fingerprint density at radius 1 is 1.90 bits per heavy atom. The van der Waals surface area contributed by atoms with Crippen molar-refractivity contribution in [2.75, 3.05) is 6.61 Å². The fourth-order valence-corrected chi connectivity index (χ4v) is 0.440. The van der Waals surface area contributed by atoms with Crippen molar-refractivity contribution in [1.82, 2.24) is 0 Å². The summed E-state index contributed by atoms with van der Waals surface area (Å²) in [5.41, 5.74) is 0. The molecule has 0 spiro atoms. The summed E-state index contributed by atoms with van der Waals surface area (Å²) in [7, 11) is 0. The average Bonchev–Trinajstić information content (AvgIpc) is 1.88. The minimum Gasteiger partial charge on any atom is -0.460 e. The summed E-state index contributed by atoms with van der Waals surface area (Å²) in [6, 6.07) is 0. The van der Waals surface area contributed by atoms with Crippen LogP contribution in [0.15, 0.2) is 11.1 Å². The molecule has 0 aliphatic rings. The first kappa shape index (κ1) is 9.65. The third kappa shape index (κ3) is 4.52. The van der Waals surface area contributed by atoms with Crippen molar-refractivity contribution in [3.8, 4) is 0 Å². The smallest absolute Gasteiger partial charge is 0.334 e. The molecule has 0 saturated carbocycles. The largest absolute Gasteiger partial charge is 0.460 e. The zero-order valence-corrected chi connectivity index (χ0v) is 7.17. The van der Waals surface area contributed by atoms with Crippen LogP contribution in [0.4, 0.5) is 0 Å². The van der Waals surface area contributed by atoms with Crippen molar-refractivity contribution >= 4 is 21.9 Å². The van der Waals surface area contributed by atoms with Crippen LogP contribution in [-0.4, -0.2) is 23.8 Å². The molecular formula is C6H9BrO3. The molecule has 0 aromatic heterocycles. The maximum absolute atomic E-state index is 10.5. The Morgan fingerprint density at radius 3 is 2.90 bits per heavy atom. The van der Waals surface area contributed by atoms with Gasteiger partial charge >= 0.3 is 5.97 Å². The number of rotatable bonds is 3. The second-order valence-electron chi connectivity index (χ2n) is 1.67. The summed E-state index contributed by atoms with van der Waals surface area (Å²) < 4.78 is 4.54. The van der Waals surface area contributed by atoms with E-state index in [2.05, 4.69) is 20.7 Å². The molecular weight excluding hydrogens is 200 g/mol. The lowest BCUT2D eigenvalue weighted by Gasteiger charge is -2.02. The Hall–Kier alpha value is -0.350. The van der Waals surface area contributed by atoms with Gasteiger partial charge in [-0.2, -0.15) is 0 Å². The van der Waals surface area contributed by atoms with Crippen LogP contribution in [0.5, 0.6) is 0 Å². The topological polar surface area (TPSA) is 46.5 Å². The van der Waals surface area contributed by atoms with Crippen molar-refractivity contribution in [1.29, 1.82) is 0 Å². The van der Waals surface area contributed by atoms with Crippen LogP contribution in [0.2, 0.25) is 0 Å². The lowest BCUT2D eigenvalue weighted by molar-refractivity contribution is -0.151. The maximum Gasteiger partial charge on any atom is 0.334 e. The third-order valence-corrected chi connectivity index (χ3v) is 1.13. The Morgan fingerprint density at radius 2 is 2.50 bits per heavy atom.